The Labute approximate surface area is 192 Å². The first kappa shape index (κ1) is 21.5. The Balaban J connectivity index is 1.44. The zero-order chi connectivity index (χ0) is 23.3. The SMILES string of the molecule is CC(=O)n1nc(CCc2noc3c2C(=O)CC(C)(C)C3)c2c1CC(c1ccccc1)CC2=O. The summed E-state index contributed by atoms with van der Waals surface area (Å²) in [6.45, 7) is 5.55. The minimum atomic E-state index is -0.213. The van der Waals surface area contributed by atoms with Gasteiger partial charge in [0.25, 0.3) is 0 Å². The summed E-state index contributed by atoms with van der Waals surface area (Å²) in [5, 5.41) is 8.70. The fourth-order valence-corrected chi connectivity index (χ4v) is 5.27. The summed E-state index contributed by atoms with van der Waals surface area (Å²) in [5.41, 5.74) is 3.99. The van der Waals surface area contributed by atoms with Gasteiger partial charge in [0, 0.05) is 26.2 Å². The number of rotatable bonds is 4. The van der Waals surface area contributed by atoms with Crippen LogP contribution in [0, 0.1) is 5.41 Å². The van der Waals surface area contributed by atoms with Crippen LogP contribution < -0.4 is 0 Å². The van der Waals surface area contributed by atoms with E-state index in [0.29, 0.717) is 72.5 Å². The number of hydrogen-bond donors (Lipinski definition) is 0. The lowest BCUT2D eigenvalue weighted by Crippen LogP contribution is -2.26. The Hall–Kier alpha value is -3.35. The summed E-state index contributed by atoms with van der Waals surface area (Å²) in [7, 11) is 0. The number of nitrogens with zero attached hydrogens (tertiary/aromatic N) is 3. The van der Waals surface area contributed by atoms with E-state index >= 15 is 0 Å². The van der Waals surface area contributed by atoms with E-state index < -0.39 is 0 Å². The Kier molecular flexibility index (Phi) is 5.15. The van der Waals surface area contributed by atoms with Crippen LogP contribution in [0.2, 0.25) is 0 Å². The van der Waals surface area contributed by atoms with Crippen LogP contribution in [-0.4, -0.2) is 32.4 Å². The Morgan fingerprint density at radius 1 is 1.03 bits per heavy atom. The highest BCUT2D eigenvalue weighted by Gasteiger charge is 2.37. The normalized spacial score (nSPS) is 19.3. The van der Waals surface area contributed by atoms with Gasteiger partial charge in [-0.1, -0.05) is 49.3 Å². The average Bonchev–Trinajstić information content (AvgIpc) is 3.33. The van der Waals surface area contributed by atoms with Gasteiger partial charge in [0.2, 0.25) is 5.91 Å². The van der Waals surface area contributed by atoms with E-state index in [-0.39, 0.29) is 28.8 Å². The van der Waals surface area contributed by atoms with Gasteiger partial charge in [-0.25, -0.2) is 4.68 Å². The van der Waals surface area contributed by atoms with Crippen molar-refractivity contribution in [3.05, 3.63) is 69.9 Å². The van der Waals surface area contributed by atoms with Crippen LogP contribution in [-0.2, 0) is 25.7 Å². The second kappa shape index (κ2) is 7.90. The van der Waals surface area contributed by atoms with Gasteiger partial charge in [0.15, 0.2) is 11.6 Å². The Morgan fingerprint density at radius 3 is 2.48 bits per heavy atom. The van der Waals surface area contributed by atoms with E-state index in [1.807, 2.05) is 44.2 Å². The Bertz CT molecular complexity index is 1270. The van der Waals surface area contributed by atoms with Crippen molar-refractivity contribution >= 4 is 17.5 Å². The lowest BCUT2D eigenvalue weighted by Gasteiger charge is -2.26. The molecule has 2 heterocycles. The summed E-state index contributed by atoms with van der Waals surface area (Å²) in [4.78, 5) is 38.2. The second-order valence-corrected chi connectivity index (χ2v) is 10.0. The van der Waals surface area contributed by atoms with Crippen LogP contribution in [0.1, 0.15) is 93.4 Å². The number of carbonyl (C=O) groups is 3. The van der Waals surface area contributed by atoms with Gasteiger partial charge in [-0.05, 0) is 36.2 Å². The van der Waals surface area contributed by atoms with E-state index in [2.05, 4.69) is 10.3 Å². The molecule has 1 unspecified atom stereocenters. The lowest BCUT2D eigenvalue weighted by molar-refractivity contribution is 0.0895. The predicted molar refractivity (Wildman–Crippen MR) is 121 cm³/mol. The second-order valence-electron chi connectivity index (χ2n) is 10.0. The molecule has 0 fully saturated rings. The third-order valence-corrected chi connectivity index (χ3v) is 6.76. The molecule has 7 heteroatoms. The molecule has 33 heavy (non-hydrogen) atoms. The zero-order valence-electron chi connectivity index (χ0n) is 19.2. The average molecular weight is 446 g/mol. The zero-order valence-corrected chi connectivity index (χ0v) is 19.2. The quantitative estimate of drug-likeness (QED) is 0.591. The summed E-state index contributed by atoms with van der Waals surface area (Å²) < 4.78 is 6.88. The molecule has 3 aromatic rings. The molecule has 0 saturated heterocycles. The molecule has 1 aromatic carbocycles. The maximum atomic E-state index is 13.2. The molecule has 1 atom stereocenters. The topological polar surface area (TPSA) is 95.1 Å². The van der Waals surface area contributed by atoms with Gasteiger partial charge in [0.05, 0.1) is 28.2 Å². The maximum Gasteiger partial charge on any atom is 0.243 e. The smallest absolute Gasteiger partial charge is 0.243 e. The van der Waals surface area contributed by atoms with Crippen molar-refractivity contribution in [1.82, 2.24) is 14.9 Å². The molecule has 0 spiro atoms. The predicted octanol–water partition coefficient (Wildman–Crippen LogP) is 4.38. The third kappa shape index (κ3) is 3.86. The molecule has 0 amide bonds. The van der Waals surface area contributed by atoms with Gasteiger partial charge in [-0.15, -0.1) is 0 Å². The molecule has 7 nitrogen and oxygen atoms in total. The third-order valence-electron chi connectivity index (χ3n) is 6.76. The van der Waals surface area contributed by atoms with E-state index in [1.165, 1.54) is 11.6 Å². The van der Waals surface area contributed by atoms with Gasteiger partial charge in [-0.3, -0.25) is 14.4 Å². The van der Waals surface area contributed by atoms with E-state index in [4.69, 9.17) is 4.52 Å². The van der Waals surface area contributed by atoms with Gasteiger partial charge < -0.3 is 4.52 Å². The van der Waals surface area contributed by atoms with Crippen LogP contribution in [0.15, 0.2) is 34.9 Å². The van der Waals surface area contributed by atoms with Crippen molar-refractivity contribution in [2.45, 2.75) is 65.2 Å². The number of hydrogen-bond acceptors (Lipinski definition) is 6. The first-order valence-corrected chi connectivity index (χ1v) is 11.4. The molecule has 0 bridgehead atoms. The summed E-state index contributed by atoms with van der Waals surface area (Å²) in [6, 6.07) is 9.91. The largest absolute Gasteiger partial charge is 0.360 e. The molecule has 2 aliphatic carbocycles. The highest BCUT2D eigenvalue weighted by molar-refractivity contribution is 6.01. The molecule has 2 aromatic heterocycles. The molecule has 0 aliphatic heterocycles. The van der Waals surface area contributed by atoms with E-state index in [9.17, 15) is 14.4 Å². The minimum Gasteiger partial charge on any atom is -0.360 e. The molecular weight excluding hydrogens is 418 g/mol. The van der Waals surface area contributed by atoms with Gasteiger partial charge in [0.1, 0.15) is 5.76 Å². The standard InChI is InChI=1S/C26H27N3O4/c1-15(30)29-20-11-17(16-7-5-4-6-8-16)12-21(31)24(20)18(27-29)9-10-19-25-22(32)13-26(2,3)14-23(25)33-28-19/h4-8,17H,9-14H2,1-3H3. The molecular formula is C26H27N3O4. The van der Waals surface area contributed by atoms with Crippen LogP contribution in [0.25, 0.3) is 0 Å². The first-order chi connectivity index (χ1) is 15.7. The highest BCUT2D eigenvalue weighted by Crippen LogP contribution is 2.37. The molecule has 0 saturated carbocycles. The monoisotopic (exact) mass is 445 g/mol. The number of Topliss-reactive ketones (excluding diaryl/α,β-unsaturated/α-hetero) is 2. The summed E-state index contributed by atoms with van der Waals surface area (Å²) in [6.07, 6.45) is 2.96. The van der Waals surface area contributed by atoms with Crippen molar-refractivity contribution in [3.8, 4) is 0 Å². The number of carbonyl (C=O) groups excluding carboxylic acids is 3. The van der Waals surface area contributed by atoms with Gasteiger partial charge >= 0.3 is 0 Å². The summed E-state index contributed by atoms with van der Waals surface area (Å²) >= 11 is 0. The number of aryl methyl sites for hydroxylation is 2. The number of benzene rings is 1. The van der Waals surface area contributed by atoms with Gasteiger partial charge in [-0.2, -0.15) is 5.10 Å². The first-order valence-electron chi connectivity index (χ1n) is 11.4. The van der Waals surface area contributed by atoms with Crippen LogP contribution in [0.3, 0.4) is 0 Å². The minimum absolute atomic E-state index is 0.00705. The highest BCUT2D eigenvalue weighted by atomic mass is 16.5. The van der Waals surface area contributed by atoms with E-state index in [0.717, 1.165) is 5.56 Å². The summed E-state index contributed by atoms with van der Waals surface area (Å²) in [5.74, 6) is 0.514. The number of ketones is 2. The maximum absolute atomic E-state index is 13.2. The molecule has 0 radical (unpaired) electrons. The van der Waals surface area contributed by atoms with Crippen LogP contribution >= 0.6 is 0 Å². The van der Waals surface area contributed by atoms with Crippen LogP contribution in [0.4, 0.5) is 0 Å². The van der Waals surface area contributed by atoms with Crippen molar-refractivity contribution in [2.75, 3.05) is 0 Å². The Morgan fingerprint density at radius 2 is 1.76 bits per heavy atom. The van der Waals surface area contributed by atoms with Crippen molar-refractivity contribution in [2.24, 2.45) is 5.41 Å². The molecule has 0 N–H and O–H groups in total. The van der Waals surface area contributed by atoms with Crippen LogP contribution in [0.5, 0.6) is 0 Å². The van der Waals surface area contributed by atoms with E-state index in [1.54, 1.807) is 0 Å². The van der Waals surface area contributed by atoms with Crippen molar-refractivity contribution in [3.63, 3.8) is 0 Å². The molecule has 5 rings (SSSR count). The fraction of sp³-hybridized carbons (Fsp3) is 0.423. The lowest BCUT2D eigenvalue weighted by atomic mass is 9.76. The number of aromatic nitrogens is 3. The van der Waals surface area contributed by atoms with Crippen molar-refractivity contribution < 1.29 is 18.9 Å². The fourth-order valence-electron chi connectivity index (χ4n) is 5.27. The van der Waals surface area contributed by atoms with Crippen molar-refractivity contribution in [1.29, 1.82) is 0 Å². The molecule has 170 valence electrons. The molecule has 2 aliphatic rings. The number of fused-ring (bicyclic) bond motifs is 2.